The third kappa shape index (κ3) is 2.76. The van der Waals surface area contributed by atoms with Crippen LogP contribution < -0.4 is 4.74 Å². The minimum atomic E-state index is -0.537. The normalized spacial score (nSPS) is 18.3. The molecule has 1 fully saturated rings. The van der Waals surface area contributed by atoms with E-state index >= 15 is 0 Å². The topological polar surface area (TPSA) is 85.4 Å². The van der Waals surface area contributed by atoms with Crippen molar-refractivity contribution < 1.29 is 14.4 Å². The zero-order valence-electron chi connectivity index (χ0n) is 9.67. The minimum Gasteiger partial charge on any atom is -0.489 e. The van der Waals surface area contributed by atoms with Gasteiger partial charge in [-0.25, -0.2) is 0 Å². The molecule has 1 aliphatic heterocycles. The second-order valence-corrected chi connectivity index (χ2v) is 4.00. The first-order valence-corrected chi connectivity index (χ1v) is 5.63. The highest BCUT2D eigenvalue weighted by molar-refractivity contribution is 5.50. The van der Waals surface area contributed by atoms with Gasteiger partial charge in [0.05, 0.1) is 11.0 Å². The molecular weight excluding hydrogens is 236 g/mol. The lowest BCUT2D eigenvalue weighted by Crippen LogP contribution is -2.16. The number of ether oxygens (including phenoxy) is 2. The molecule has 0 amide bonds. The van der Waals surface area contributed by atoms with Crippen LogP contribution in [0.25, 0.3) is 0 Å². The van der Waals surface area contributed by atoms with E-state index in [1.165, 1.54) is 18.2 Å². The Bertz CT molecular complexity index is 489. The van der Waals surface area contributed by atoms with Crippen molar-refractivity contribution in [2.75, 3.05) is 13.2 Å². The Kier molecular flexibility index (Phi) is 3.75. The number of benzene rings is 1. The second kappa shape index (κ2) is 5.47. The Morgan fingerprint density at radius 1 is 1.61 bits per heavy atom. The average Bonchev–Trinajstić information content (AvgIpc) is 2.89. The second-order valence-electron chi connectivity index (χ2n) is 4.00. The van der Waals surface area contributed by atoms with Crippen LogP contribution in [0.4, 0.5) is 5.69 Å². The molecule has 1 aromatic rings. The number of rotatable bonds is 4. The van der Waals surface area contributed by atoms with Gasteiger partial charge < -0.3 is 9.47 Å². The SMILES string of the molecule is N#Cc1cc([N+](=O)[O-])ccc1OCC1CCCO1. The highest BCUT2D eigenvalue weighted by Gasteiger charge is 2.17. The standard InChI is InChI=1S/C12H12N2O4/c13-7-9-6-10(14(15)16)3-4-12(9)18-8-11-2-1-5-17-11/h3-4,6,11H,1-2,5,8H2. The Balaban J connectivity index is 2.07. The van der Waals surface area contributed by atoms with Crippen molar-refractivity contribution in [1.82, 2.24) is 0 Å². The van der Waals surface area contributed by atoms with Gasteiger partial charge in [0.15, 0.2) is 0 Å². The van der Waals surface area contributed by atoms with Gasteiger partial charge in [-0.1, -0.05) is 0 Å². The monoisotopic (exact) mass is 248 g/mol. The molecule has 1 atom stereocenters. The van der Waals surface area contributed by atoms with E-state index in [-0.39, 0.29) is 17.4 Å². The average molecular weight is 248 g/mol. The van der Waals surface area contributed by atoms with E-state index in [2.05, 4.69) is 0 Å². The third-order valence-corrected chi connectivity index (χ3v) is 2.74. The Hall–Kier alpha value is -2.13. The molecule has 6 heteroatoms. The number of nitro groups is 1. The van der Waals surface area contributed by atoms with Gasteiger partial charge in [0.2, 0.25) is 0 Å². The summed E-state index contributed by atoms with van der Waals surface area (Å²) >= 11 is 0. The first kappa shape index (κ1) is 12.3. The van der Waals surface area contributed by atoms with E-state index < -0.39 is 4.92 Å². The van der Waals surface area contributed by atoms with E-state index in [4.69, 9.17) is 14.7 Å². The van der Waals surface area contributed by atoms with E-state index in [0.29, 0.717) is 12.4 Å². The van der Waals surface area contributed by atoms with E-state index in [0.717, 1.165) is 19.4 Å². The fourth-order valence-corrected chi connectivity index (χ4v) is 1.80. The predicted octanol–water partition coefficient (Wildman–Crippen LogP) is 2.02. The lowest BCUT2D eigenvalue weighted by atomic mass is 10.2. The molecule has 1 unspecified atom stereocenters. The van der Waals surface area contributed by atoms with E-state index in [1.54, 1.807) is 0 Å². The van der Waals surface area contributed by atoms with E-state index in [1.807, 2.05) is 6.07 Å². The molecule has 0 bridgehead atoms. The molecule has 18 heavy (non-hydrogen) atoms. The van der Waals surface area contributed by atoms with Crippen molar-refractivity contribution >= 4 is 5.69 Å². The van der Waals surface area contributed by atoms with Crippen LogP contribution in [0.2, 0.25) is 0 Å². The Morgan fingerprint density at radius 3 is 3.06 bits per heavy atom. The molecule has 1 heterocycles. The summed E-state index contributed by atoms with van der Waals surface area (Å²) in [5.74, 6) is 0.360. The summed E-state index contributed by atoms with van der Waals surface area (Å²) in [5.41, 5.74) is 0.0539. The van der Waals surface area contributed by atoms with Gasteiger partial charge in [-0.2, -0.15) is 5.26 Å². The number of hydrogen-bond donors (Lipinski definition) is 0. The number of nitrogens with zero attached hydrogens (tertiary/aromatic N) is 2. The molecule has 1 aliphatic rings. The summed E-state index contributed by atoms with van der Waals surface area (Å²) in [5, 5.41) is 19.5. The van der Waals surface area contributed by atoms with Crippen LogP contribution in [-0.4, -0.2) is 24.2 Å². The van der Waals surface area contributed by atoms with Gasteiger partial charge in [-0.15, -0.1) is 0 Å². The molecule has 1 aromatic carbocycles. The molecule has 1 saturated heterocycles. The molecule has 0 saturated carbocycles. The van der Waals surface area contributed by atoms with Crippen molar-refractivity contribution in [2.24, 2.45) is 0 Å². The minimum absolute atomic E-state index is 0.0479. The van der Waals surface area contributed by atoms with Gasteiger partial charge in [-0.3, -0.25) is 10.1 Å². The number of nitriles is 1. The van der Waals surface area contributed by atoms with Crippen LogP contribution in [0.3, 0.4) is 0 Å². The molecule has 0 aliphatic carbocycles. The van der Waals surface area contributed by atoms with Crippen molar-refractivity contribution in [2.45, 2.75) is 18.9 Å². The van der Waals surface area contributed by atoms with Crippen LogP contribution in [0.1, 0.15) is 18.4 Å². The van der Waals surface area contributed by atoms with Crippen molar-refractivity contribution in [3.8, 4) is 11.8 Å². The van der Waals surface area contributed by atoms with Crippen molar-refractivity contribution in [3.63, 3.8) is 0 Å². The first-order chi connectivity index (χ1) is 8.70. The van der Waals surface area contributed by atoms with Gasteiger partial charge in [-0.05, 0) is 18.9 Å². The first-order valence-electron chi connectivity index (χ1n) is 5.63. The molecule has 0 aromatic heterocycles. The lowest BCUT2D eigenvalue weighted by Gasteiger charge is -2.12. The summed E-state index contributed by atoms with van der Waals surface area (Å²) in [7, 11) is 0. The fraction of sp³-hybridized carbons (Fsp3) is 0.417. The molecule has 0 radical (unpaired) electrons. The van der Waals surface area contributed by atoms with Crippen molar-refractivity contribution in [3.05, 3.63) is 33.9 Å². The molecule has 0 spiro atoms. The molecule has 0 N–H and O–H groups in total. The van der Waals surface area contributed by atoms with Crippen LogP contribution in [0.15, 0.2) is 18.2 Å². The summed E-state index contributed by atoms with van der Waals surface area (Å²) in [6, 6.07) is 5.88. The zero-order valence-corrected chi connectivity index (χ0v) is 9.67. The number of nitro benzene ring substituents is 1. The summed E-state index contributed by atoms with van der Waals surface area (Å²) in [6.45, 7) is 1.10. The maximum Gasteiger partial charge on any atom is 0.271 e. The number of hydrogen-bond acceptors (Lipinski definition) is 5. The quantitative estimate of drug-likeness (QED) is 0.601. The van der Waals surface area contributed by atoms with Gasteiger partial charge in [0.25, 0.3) is 5.69 Å². The van der Waals surface area contributed by atoms with Crippen LogP contribution in [0.5, 0.6) is 5.75 Å². The van der Waals surface area contributed by atoms with Gasteiger partial charge in [0.1, 0.15) is 24.0 Å². The van der Waals surface area contributed by atoms with Crippen LogP contribution in [0, 0.1) is 21.4 Å². The van der Waals surface area contributed by atoms with Crippen molar-refractivity contribution in [1.29, 1.82) is 5.26 Å². The highest BCUT2D eigenvalue weighted by atomic mass is 16.6. The zero-order chi connectivity index (χ0) is 13.0. The largest absolute Gasteiger partial charge is 0.489 e. The van der Waals surface area contributed by atoms with Gasteiger partial charge >= 0.3 is 0 Å². The molecule has 2 rings (SSSR count). The molecule has 6 nitrogen and oxygen atoms in total. The Labute approximate surface area is 104 Å². The summed E-state index contributed by atoms with van der Waals surface area (Å²) in [4.78, 5) is 10.0. The fourth-order valence-electron chi connectivity index (χ4n) is 1.80. The maximum atomic E-state index is 10.6. The predicted molar refractivity (Wildman–Crippen MR) is 62.3 cm³/mol. The molecular formula is C12H12N2O4. The number of non-ortho nitro benzene ring substituents is 1. The van der Waals surface area contributed by atoms with Crippen LogP contribution in [-0.2, 0) is 4.74 Å². The highest BCUT2D eigenvalue weighted by Crippen LogP contribution is 2.24. The Morgan fingerprint density at radius 2 is 2.44 bits per heavy atom. The third-order valence-electron chi connectivity index (χ3n) is 2.74. The lowest BCUT2D eigenvalue weighted by molar-refractivity contribution is -0.384. The smallest absolute Gasteiger partial charge is 0.271 e. The van der Waals surface area contributed by atoms with Crippen LogP contribution >= 0.6 is 0 Å². The van der Waals surface area contributed by atoms with Gasteiger partial charge in [0, 0.05) is 18.7 Å². The molecule has 94 valence electrons. The van der Waals surface area contributed by atoms with E-state index in [9.17, 15) is 10.1 Å². The maximum absolute atomic E-state index is 10.6. The summed E-state index contributed by atoms with van der Waals surface area (Å²) in [6.07, 6.45) is 2.00. The summed E-state index contributed by atoms with van der Waals surface area (Å²) < 4.78 is 10.9.